The highest BCUT2D eigenvalue weighted by Crippen LogP contribution is 2.24. The second-order valence-electron chi connectivity index (χ2n) is 8.02. The van der Waals surface area contributed by atoms with Crippen molar-refractivity contribution < 1.29 is 9.90 Å². The van der Waals surface area contributed by atoms with E-state index in [0.717, 1.165) is 18.5 Å². The van der Waals surface area contributed by atoms with Crippen LogP contribution in [-0.2, 0) is 11.3 Å². The summed E-state index contributed by atoms with van der Waals surface area (Å²) in [6, 6.07) is 8.19. The fourth-order valence-corrected chi connectivity index (χ4v) is 3.06. The third kappa shape index (κ3) is 5.05. The van der Waals surface area contributed by atoms with Crippen molar-refractivity contribution in [3.8, 4) is 0 Å². The molecule has 1 heterocycles. The SMILES string of the molecule is Cc1cccc(CN2CCCC(O)(CNCC(C)(C)C)C2=O)c1. The predicted molar refractivity (Wildman–Crippen MR) is 93.1 cm³/mol. The molecular weight excluding hydrogens is 288 g/mol. The van der Waals surface area contributed by atoms with Crippen LogP contribution in [-0.4, -0.2) is 41.1 Å². The van der Waals surface area contributed by atoms with E-state index in [0.29, 0.717) is 26.1 Å². The second-order valence-corrected chi connectivity index (χ2v) is 8.02. The highest BCUT2D eigenvalue weighted by Gasteiger charge is 2.41. The number of likely N-dealkylation sites (tertiary alicyclic amines) is 1. The first-order chi connectivity index (χ1) is 10.7. The zero-order valence-electron chi connectivity index (χ0n) is 14.9. The summed E-state index contributed by atoms with van der Waals surface area (Å²) in [6.45, 7) is 10.9. The number of aryl methyl sites for hydroxylation is 1. The number of hydrogen-bond acceptors (Lipinski definition) is 3. The third-order valence-electron chi connectivity index (χ3n) is 4.23. The molecule has 1 atom stereocenters. The fourth-order valence-electron chi connectivity index (χ4n) is 3.06. The quantitative estimate of drug-likeness (QED) is 0.877. The Labute approximate surface area is 139 Å². The van der Waals surface area contributed by atoms with E-state index >= 15 is 0 Å². The lowest BCUT2D eigenvalue weighted by molar-refractivity contribution is -0.157. The zero-order valence-corrected chi connectivity index (χ0v) is 14.9. The van der Waals surface area contributed by atoms with E-state index < -0.39 is 5.60 Å². The molecule has 1 aliphatic heterocycles. The normalized spacial score (nSPS) is 22.5. The number of aliphatic hydroxyl groups is 1. The molecule has 1 amide bonds. The molecule has 1 aromatic carbocycles. The first kappa shape index (κ1) is 18.0. The molecule has 2 rings (SSSR count). The highest BCUT2D eigenvalue weighted by molar-refractivity contribution is 5.86. The van der Waals surface area contributed by atoms with E-state index in [1.54, 1.807) is 4.90 Å². The van der Waals surface area contributed by atoms with E-state index in [1.807, 2.05) is 25.1 Å². The molecule has 0 bridgehead atoms. The van der Waals surface area contributed by atoms with E-state index in [4.69, 9.17) is 0 Å². The summed E-state index contributed by atoms with van der Waals surface area (Å²) in [5, 5.41) is 14.0. The van der Waals surface area contributed by atoms with Crippen molar-refractivity contribution in [2.45, 2.75) is 52.7 Å². The second kappa shape index (κ2) is 7.02. The molecule has 4 nitrogen and oxygen atoms in total. The molecule has 1 saturated heterocycles. The van der Waals surface area contributed by atoms with E-state index in [-0.39, 0.29) is 11.3 Å². The fraction of sp³-hybridized carbons (Fsp3) is 0.632. The van der Waals surface area contributed by atoms with Gasteiger partial charge in [0.05, 0.1) is 0 Å². The lowest BCUT2D eigenvalue weighted by Crippen LogP contribution is -2.58. The van der Waals surface area contributed by atoms with Crippen molar-refractivity contribution >= 4 is 5.91 Å². The van der Waals surface area contributed by atoms with Gasteiger partial charge in [-0.15, -0.1) is 0 Å². The van der Waals surface area contributed by atoms with Crippen molar-refractivity contribution in [2.24, 2.45) is 5.41 Å². The topological polar surface area (TPSA) is 52.6 Å². The number of piperidine rings is 1. The van der Waals surface area contributed by atoms with Crippen LogP contribution in [0.15, 0.2) is 24.3 Å². The molecule has 1 unspecified atom stereocenters. The van der Waals surface area contributed by atoms with Gasteiger partial charge < -0.3 is 15.3 Å². The number of carbonyl (C=O) groups excluding carboxylic acids is 1. The van der Waals surface area contributed by atoms with Crippen molar-refractivity contribution in [2.75, 3.05) is 19.6 Å². The number of nitrogens with zero attached hydrogens (tertiary/aromatic N) is 1. The standard InChI is InChI=1S/C19H30N2O2/c1-15-7-5-8-16(11-15)12-21-10-6-9-19(23,17(21)22)14-20-13-18(2,3)4/h5,7-8,11,20,23H,6,9-10,12-14H2,1-4H3. The predicted octanol–water partition coefficient (Wildman–Crippen LogP) is 2.48. The molecule has 1 aliphatic rings. The molecular formula is C19H30N2O2. The molecule has 0 radical (unpaired) electrons. The average molecular weight is 318 g/mol. The minimum atomic E-state index is -1.27. The molecule has 4 heteroatoms. The van der Waals surface area contributed by atoms with Crippen LogP contribution in [0.5, 0.6) is 0 Å². The first-order valence-corrected chi connectivity index (χ1v) is 8.48. The molecule has 0 saturated carbocycles. The van der Waals surface area contributed by atoms with Gasteiger partial charge in [-0.25, -0.2) is 0 Å². The zero-order chi connectivity index (χ0) is 17.1. The van der Waals surface area contributed by atoms with Crippen LogP contribution < -0.4 is 5.32 Å². The summed E-state index contributed by atoms with van der Waals surface area (Å²) in [7, 11) is 0. The Bertz CT molecular complexity index is 551. The van der Waals surface area contributed by atoms with Gasteiger partial charge in [-0.05, 0) is 30.7 Å². The maximum Gasteiger partial charge on any atom is 0.256 e. The van der Waals surface area contributed by atoms with Gasteiger partial charge >= 0.3 is 0 Å². The molecule has 128 valence electrons. The van der Waals surface area contributed by atoms with Crippen LogP contribution in [0.2, 0.25) is 0 Å². The Hall–Kier alpha value is -1.39. The Morgan fingerprint density at radius 3 is 2.74 bits per heavy atom. The van der Waals surface area contributed by atoms with Crippen LogP contribution in [0.1, 0.15) is 44.7 Å². The van der Waals surface area contributed by atoms with Crippen molar-refractivity contribution in [3.05, 3.63) is 35.4 Å². The monoisotopic (exact) mass is 318 g/mol. The van der Waals surface area contributed by atoms with Crippen LogP contribution >= 0.6 is 0 Å². The number of amides is 1. The summed E-state index contributed by atoms with van der Waals surface area (Å²) >= 11 is 0. The van der Waals surface area contributed by atoms with E-state index in [2.05, 4.69) is 32.2 Å². The van der Waals surface area contributed by atoms with Crippen molar-refractivity contribution in [1.82, 2.24) is 10.2 Å². The van der Waals surface area contributed by atoms with Crippen molar-refractivity contribution in [3.63, 3.8) is 0 Å². The van der Waals surface area contributed by atoms with E-state index in [1.165, 1.54) is 5.56 Å². The smallest absolute Gasteiger partial charge is 0.256 e. The number of nitrogens with one attached hydrogen (secondary N) is 1. The molecule has 2 N–H and O–H groups in total. The lowest BCUT2D eigenvalue weighted by Gasteiger charge is -2.39. The van der Waals surface area contributed by atoms with Gasteiger partial charge in [0.15, 0.2) is 5.60 Å². The van der Waals surface area contributed by atoms with Crippen LogP contribution in [0.4, 0.5) is 0 Å². The van der Waals surface area contributed by atoms with E-state index in [9.17, 15) is 9.90 Å². The molecule has 1 aromatic rings. The lowest BCUT2D eigenvalue weighted by atomic mass is 9.90. The maximum atomic E-state index is 12.7. The number of rotatable bonds is 5. The van der Waals surface area contributed by atoms with Gasteiger partial charge in [-0.1, -0.05) is 50.6 Å². The number of benzene rings is 1. The van der Waals surface area contributed by atoms with Crippen molar-refractivity contribution in [1.29, 1.82) is 0 Å². The minimum Gasteiger partial charge on any atom is -0.379 e. The highest BCUT2D eigenvalue weighted by atomic mass is 16.3. The van der Waals surface area contributed by atoms with Gasteiger partial charge in [0, 0.05) is 26.2 Å². The summed E-state index contributed by atoms with van der Waals surface area (Å²) < 4.78 is 0. The molecule has 0 spiro atoms. The number of carbonyl (C=O) groups is 1. The number of hydrogen-bond donors (Lipinski definition) is 2. The minimum absolute atomic E-state index is 0.134. The summed E-state index contributed by atoms with van der Waals surface area (Å²) in [4.78, 5) is 14.5. The Balaban J connectivity index is 1.99. The molecule has 23 heavy (non-hydrogen) atoms. The van der Waals surface area contributed by atoms with Gasteiger partial charge in [0.1, 0.15) is 0 Å². The Kier molecular flexibility index (Phi) is 5.48. The Morgan fingerprint density at radius 1 is 1.35 bits per heavy atom. The van der Waals surface area contributed by atoms with Crippen LogP contribution in [0.25, 0.3) is 0 Å². The summed E-state index contributed by atoms with van der Waals surface area (Å²) in [5.41, 5.74) is 1.17. The van der Waals surface area contributed by atoms with Crippen LogP contribution in [0.3, 0.4) is 0 Å². The summed E-state index contributed by atoms with van der Waals surface area (Å²) in [6.07, 6.45) is 1.37. The van der Waals surface area contributed by atoms with Gasteiger partial charge in [0.25, 0.3) is 5.91 Å². The van der Waals surface area contributed by atoms with Gasteiger partial charge in [-0.3, -0.25) is 4.79 Å². The molecule has 0 aliphatic carbocycles. The van der Waals surface area contributed by atoms with Crippen LogP contribution in [0, 0.1) is 12.3 Å². The first-order valence-electron chi connectivity index (χ1n) is 8.48. The molecule has 0 aromatic heterocycles. The Morgan fingerprint density at radius 2 is 2.09 bits per heavy atom. The summed E-state index contributed by atoms with van der Waals surface area (Å²) in [5.74, 6) is -0.147. The van der Waals surface area contributed by atoms with Gasteiger partial charge in [0.2, 0.25) is 0 Å². The van der Waals surface area contributed by atoms with Gasteiger partial charge in [-0.2, -0.15) is 0 Å². The average Bonchev–Trinajstić information content (AvgIpc) is 2.43. The maximum absolute atomic E-state index is 12.7. The molecule has 1 fully saturated rings. The largest absolute Gasteiger partial charge is 0.379 e. The third-order valence-corrected chi connectivity index (χ3v) is 4.23.